The summed E-state index contributed by atoms with van der Waals surface area (Å²) in [5.74, 6) is 0.0888. The first-order valence-electron chi connectivity index (χ1n) is 10.4. The lowest BCUT2D eigenvalue weighted by molar-refractivity contribution is -0.116. The Balaban J connectivity index is 1.37. The molecule has 0 aliphatic carbocycles. The van der Waals surface area contributed by atoms with E-state index in [9.17, 15) is 9.90 Å². The van der Waals surface area contributed by atoms with Gasteiger partial charge in [-0.3, -0.25) is 9.69 Å². The number of carbonyl (C=O) groups is 1. The maximum absolute atomic E-state index is 11.5. The number of carbonyl (C=O) groups excluding carboxylic acids is 1. The first-order valence-corrected chi connectivity index (χ1v) is 10.4. The highest BCUT2D eigenvalue weighted by atomic mass is 16.3. The summed E-state index contributed by atoms with van der Waals surface area (Å²) in [5.41, 5.74) is 5.76. The van der Waals surface area contributed by atoms with Crippen molar-refractivity contribution in [1.29, 1.82) is 0 Å². The zero-order valence-electron chi connectivity index (χ0n) is 17.0. The molecule has 0 unspecified atom stereocenters. The Labute approximate surface area is 172 Å². The Morgan fingerprint density at radius 3 is 2.55 bits per heavy atom. The molecule has 5 heteroatoms. The third-order valence-electron chi connectivity index (χ3n) is 5.91. The van der Waals surface area contributed by atoms with Crippen LogP contribution in [0.3, 0.4) is 0 Å². The second-order valence-electron chi connectivity index (χ2n) is 7.93. The highest BCUT2D eigenvalue weighted by Crippen LogP contribution is 2.24. The minimum absolute atomic E-state index is 0.0194. The molecule has 2 heterocycles. The summed E-state index contributed by atoms with van der Waals surface area (Å²) in [7, 11) is 0. The van der Waals surface area contributed by atoms with Crippen molar-refractivity contribution in [2.75, 3.05) is 43.0 Å². The van der Waals surface area contributed by atoms with Crippen LogP contribution in [0.5, 0.6) is 0 Å². The number of aryl methyl sites for hydroxylation is 2. The minimum Gasteiger partial charge on any atom is -0.394 e. The van der Waals surface area contributed by atoms with Crippen LogP contribution >= 0.6 is 0 Å². The van der Waals surface area contributed by atoms with Crippen molar-refractivity contribution in [3.63, 3.8) is 0 Å². The van der Waals surface area contributed by atoms with E-state index >= 15 is 0 Å². The van der Waals surface area contributed by atoms with Gasteiger partial charge in [0.05, 0.1) is 12.6 Å². The smallest absolute Gasteiger partial charge is 0.224 e. The van der Waals surface area contributed by atoms with Crippen LogP contribution in [0.4, 0.5) is 11.4 Å². The number of benzene rings is 2. The lowest BCUT2D eigenvalue weighted by Crippen LogP contribution is -2.50. The first-order chi connectivity index (χ1) is 14.1. The summed E-state index contributed by atoms with van der Waals surface area (Å²) in [6.45, 7) is 6.01. The number of amides is 1. The van der Waals surface area contributed by atoms with Gasteiger partial charge in [0.15, 0.2) is 0 Å². The Morgan fingerprint density at radius 1 is 1.07 bits per heavy atom. The maximum Gasteiger partial charge on any atom is 0.224 e. The number of piperazine rings is 1. The van der Waals surface area contributed by atoms with E-state index in [4.69, 9.17) is 0 Å². The van der Waals surface area contributed by atoms with Crippen LogP contribution in [0, 0.1) is 6.92 Å². The number of nitrogens with one attached hydrogen (secondary N) is 1. The zero-order valence-corrected chi connectivity index (χ0v) is 17.0. The molecule has 0 saturated carbocycles. The molecule has 2 aliphatic heterocycles. The van der Waals surface area contributed by atoms with E-state index in [-0.39, 0.29) is 18.6 Å². The molecule has 152 valence electrons. The molecular weight excluding hydrogens is 362 g/mol. The average molecular weight is 392 g/mol. The van der Waals surface area contributed by atoms with Gasteiger partial charge in [0, 0.05) is 44.0 Å². The second kappa shape index (κ2) is 8.80. The number of anilines is 2. The molecule has 29 heavy (non-hydrogen) atoms. The van der Waals surface area contributed by atoms with Gasteiger partial charge in [0.2, 0.25) is 5.91 Å². The third-order valence-corrected chi connectivity index (χ3v) is 5.91. The van der Waals surface area contributed by atoms with E-state index in [0.717, 1.165) is 43.9 Å². The molecule has 0 aromatic heterocycles. The fourth-order valence-corrected chi connectivity index (χ4v) is 4.09. The summed E-state index contributed by atoms with van der Waals surface area (Å²) in [4.78, 5) is 16.3. The van der Waals surface area contributed by atoms with Crippen molar-refractivity contribution < 1.29 is 9.90 Å². The molecule has 0 spiro atoms. The molecule has 0 radical (unpaired) electrons. The molecule has 1 saturated heterocycles. The zero-order chi connectivity index (χ0) is 20.2. The monoisotopic (exact) mass is 391 g/mol. The van der Waals surface area contributed by atoms with Crippen LogP contribution < -0.4 is 10.2 Å². The molecule has 2 aromatic carbocycles. The van der Waals surface area contributed by atoms with Crippen molar-refractivity contribution >= 4 is 23.4 Å². The highest BCUT2D eigenvalue weighted by molar-refractivity contribution is 5.94. The molecule has 2 aromatic rings. The molecule has 1 atom stereocenters. The van der Waals surface area contributed by atoms with Gasteiger partial charge < -0.3 is 15.3 Å². The van der Waals surface area contributed by atoms with Crippen molar-refractivity contribution in [2.45, 2.75) is 25.8 Å². The van der Waals surface area contributed by atoms with Crippen LogP contribution in [0.25, 0.3) is 6.08 Å². The number of rotatable bonds is 5. The molecular formula is C24H29N3O2. The minimum atomic E-state index is 0.0194. The molecule has 4 rings (SSSR count). The van der Waals surface area contributed by atoms with Gasteiger partial charge in [-0.2, -0.15) is 0 Å². The molecule has 1 fully saturated rings. The van der Waals surface area contributed by atoms with Crippen molar-refractivity contribution in [3.05, 3.63) is 65.2 Å². The Morgan fingerprint density at radius 2 is 1.83 bits per heavy atom. The number of aliphatic hydroxyl groups excluding tert-OH is 1. The van der Waals surface area contributed by atoms with Gasteiger partial charge in [-0.1, -0.05) is 35.9 Å². The van der Waals surface area contributed by atoms with E-state index in [1.807, 2.05) is 12.1 Å². The molecule has 5 nitrogen and oxygen atoms in total. The standard InChI is InChI=1S/C24H29N3O2/c1-18-2-7-21(8-3-18)26-12-14-27(15-13-26)22(17-28)9-4-19-5-10-23-20(16-19)6-11-24(29)25-23/h2-5,7-10,16,22,28H,6,11-15,17H2,1H3,(H,25,29)/b9-4+/t22-/m0/s1. The van der Waals surface area contributed by atoms with Gasteiger partial charge in [-0.15, -0.1) is 0 Å². The predicted octanol–water partition coefficient (Wildman–Crippen LogP) is 3.08. The normalized spacial score (nSPS) is 18.6. The van der Waals surface area contributed by atoms with Gasteiger partial charge in [-0.25, -0.2) is 0 Å². The fraction of sp³-hybridized carbons (Fsp3) is 0.375. The van der Waals surface area contributed by atoms with Gasteiger partial charge in [0.1, 0.15) is 0 Å². The van der Waals surface area contributed by atoms with Crippen LogP contribution in [0.2, 0.25) is 0 Å². The second-order valence-corrected chi connectivity index (χ2v) is 7.93. The number of aliphatic hydroxyl groups is 1. The lowest BCUT2D eigenvalue weighted by atomic mass is 10.00. The lowest BCUT2D eigenvalue weighted by Gasteiger charge is -2.39. The average Bonchev–Trinajstić information content (AvgIpc) is 2.75. The summed E-state index contributed by atoms with van der Waals surface area (Å²) >= 11 is 0. The summed E-state index contributed by atoms with van der Waals surface area (Å²) in [6, 6.07) is 14.8. The molecule has 0 bridgehead atoms. The topological polar surface area (TPSA) is 55.8 Å². The largest absolute Gasteiger partial charge is 0.394 e. The van der Waals surface area contributed by atoms with Crippen LogP contribution in [0.1, 0.15) is 23.1 Å². The van der Waals surface area contributed by atoms with Gasteiger partial charge in [0.25, 0.3) is 0 Å². The van der Waals surface area contributed by atoms with Crippen LogP contribution in [-0.2, 0) is 11.2 Å². The maximum atomic E-state index is 11.5. The predicted molar refractivity (Wildman–Crippen MR) is 118 cm³/mol. The quantitative estimate of drug-likeness (QED) is 0.823. The van der Waals surface area contributed by atoms with Gasteiger partial charge in [-0.05, 0) is 48.7 Å². The highest BCUT2D eigenvalue weighted by Gasteiger charge is 2.22. The van der Waals surface area contributed by atoms with E-state index < -0.39 is 0 Å². The first kappa shape index (κ1) is 19.7. The van der Waals surface area contributed by atoms with Crippen molar-refractivity contribution in [3.8, 4) is 0 Å². The Hall–Kier alpha value is -2.63. The summed E-state index contributed by atoms with van der Waals surface area (Å²) in [5, 5.41) is 12.9. The number of hydrogen-bond donors (Lipinski definition) is 2. The summed E-state index contributed by atoms with van der Waals surface area (Å²) in [6.07, 6.45) is 5.52. The Kier molecular flexibility index (Phi) is 5.97. The van der Waals surface area contributed by atoms with E-state index in [1.165, 1.54) is 16.8 Å². The van der Waals surface area contributed by atoms with Crippen LogP contribution in [0.15, 0.2) is 48.5 Å². The molecule has 2 aliphatic rings. The summed E-state index contributed by atoms with van der Waals surface area (Å²) < 4.78 is 0. The molecule has 1 amide bonds. The SMILES string of the molecule is Cc1ccc(N2CCN([C@@H](/C=C/c3ccc4c(c3)CCC(=O)N4)CO)CC2)cc1. The fourth-order valence-electron chi connectivity index (χ4n) is 4.09. The van der Waals surface area contributed by atoms with Crippen molar-refractivity contribution in [1.82, 2.24) is 4.90 Å². The third kappa shape index (κ3) is 4.69. The molecule has 2 N–H and O–H groups in total. The van der Waals surface area contributed by atoms with E-state index in [1.54, 1.807) is 0 Å². The van der Waals surface area contributed by atoms with Crippen LogP contribution in [-0.4, -0.2) is 54.7 Å². The van der Waals surface area contributed by atoms with Gasteiger partial charge >= 0.3 is 0 Å². The number of fused-ring (bicyclic) bond motifs is 1. The van der Waals surface area contributed by atoms with Crippen molar-refractivity contribution in [2.24, 2.45) is 0 Å². The number of nitrogens with zero attached hydrogens (tertiary/aromatic N) is 2. The van der Waals surface area contributed by atoms with E-state index in [2.05, 4.69) is 64.5 Å². The number of hydrogen-bond acceptors (Lipinski definition) is 4. The van der Waals surface area contributed by atoms with E-state index in [0.29, 0.717) is 6.42 Å². The Bertz CT molecular complexity index is 883.